The summed E-state index contributed by atoms with van der Waals surface area (Å²) in [6.45, 7) is 13.2. The van der Waals surface area contributed by atoms with Gasteiger partial charge >= 0.3 is 5.97 Å². The number of carbonyl (C=O) groups excluding carboxylic acids is 1. The third kappa shape index (κ3) is 37.0. The highest BCUT2D eigenvalue weighted by Gasteiger charge is 2.18. The van der Waals surface area contributed by atoms with Crippen LogP contribution in [0, 0.1) is 0 Å². The summed E-state index contributed by atoms with van der Waals surface area (Å²) in [7, 11) is 0. The third-order valence-electron chi connectivity index (χ3n) is 11.8. The van der Waals surface area contributed by atoms with Crippen LogP contribution in [0.25, 0.3) is 0 Å². The summed E-state index contributed by atoms with van der Waals surface area (Å²) in [6, 6.07) is 0. The number of hydrogen-bond acceptors (Lipinski definition) is 9. The van der Waals surface area contributed by atoms with Crippen LogP contribution in [0.2, 0.25) is 0 Å². The fraction of sp³-hybridized carbons (Fsp3) is 0.980. The normalized spacial score (nSPS) is 14.8. The van der Waals surface area contributed by atoms with E-state index in [-0.39, 0.29) is 18.2 Å². The lowest BCUT2D eigenvalue weighted by Gasteiger charge is -2.31. The van der Waals surface area contributed by atoms with Crippen molar-refractivity contribution in [3.05, 3.63) is 0 Å². The predicted octanol–water partition coefficient (Wildman–Crippen LogP) is 11.7. The topological polar surface area (TPSA) is 101 Å². The highest BCUT2D eigenvalue weighted by Crippen LogP contribution is 2.19. The molecule has 0 saturated carbocycles. The Balaban J connectivity index is 2.30. The first kappa shape index (κ1) is 55.2. The molecule has 1 saturated heterocycles. The van der Waals surface area contributed by atoms with E-state index in [9.17, 15) is 15.0 Å². The van der Waals surface area contributed by atoms with Crippen molar-refractivity contribution in [2.45, 2.75) is 245 Å². The lowest BCUT2D eigenvalue weighted by atomic mass is 10.0. The largest absolute Gasteiger partial charge is 0.462 e. The molecule has 1 aliphatic heterocycles. The Morgan fingerprint density at radius 3 is 1.48 bits per heavy atom. The zero-order chi connectivity index (χ0) is 42.0. The maximum Gasteiger partial charge on any atom is 0.306 e. The van der Waals surface area contributed by atoms with Crippen molar-refractivity contribution in [3.8, 4) is 0 Å². The summed E-state index contributed by atoms with van der Waals surface area (Å²) in [5.41, 5.74) is 0. The summed E-state index contributed by atoms with van der Waals surface area (Å²) in [6.07, 6.45) is 37.2. The Morgan fingerprint density at radius 2 is 0.983 bits per heavy atom. The molecule has 58 heavy (non-hydrogen) atoms. The van der Waals surface area contributed by atoms with Crippen molar-refractivity contribution in [2.75, 3.05) is 65.7 Å². The van der Waals surface area contributed by atoms with Gasteiger partial charge < -0.3 is 34.1 Å². The van der Waals surface area contributed by atoms with E-state index in [4.69, 9.17) is 18.9 Å². The Morgan fingerprint density at radius 1 is 0.569 bits per heavy atom. The van der Waals surface area contributed by atoms with Crippen LogP contribution in [-0.4, -0.2) is 110 Å². The number of rotatable bonds is 45. The molecule has 1 heterocycles. The monoisotopic (exact) mass is 827 g/mol. The number of ether oxygens (including phenoxy) is 4. The minimum absolute atomic E-state index is 0.00363. The van der Waals surface area contributed by atoms with Crippen molar-refractivity contribution < 1.29 is 34.0 Å². The van der Waals surface area contributed by atoms with E-state index < -0.39 is 6.48 Å². The van der Waals surface area contributed by atoms with Gasteiger partial charge in [-0.2, -0.15) is 0 Å². The molecular weight excluding hydrogens is 729 g/mol. The van der Waals surface area contributed by atoms with Crippen LogP contribution in [0.5, 0.6) is 0 Å². The molecule has 9 heteroatoms. The number of unbranched alkanes of at least 4 members (excludes halogenated alkanes) is 24. The van der Waals surface area contributed by atoms with Crippen LogP contribution in [0.4, 0.5) is 0 Å². The minimum Gasteiger partial charge on any atom is -0.462 e. The molecule has 9 nitrogen and oxygen atoms in total. The van der Waals surface area contributed by atoms with Crippen molar-refractivity contribution in [1.82, 2.24) is 9.80 Å². The molecule has 346 valence electrons. The summed E-state index contributed by atoms with van der Waals surface area (Å²) >= 11 is 0. The van der Waals surface area contributed by atoms with Gasteiger partial charge in [0, 0.05) is 32.6 Å². The van der Waals surface area contributed by atoms with Gasteiger partial charge in [-0.15, -0.1) is 0 Å². The first-order valence-corrected chi connectivity index (χ1v) is 25.3. The van der Waals surface area contributed by atoms with Gasteiger partial charge in [-0.3, -0.25) is 9.69 Å². The van der Waals surface area contributed by atoms with Gasteiger partial charge in [0.25, 0.3) is 6.48 Å². The Labute approximate surface area is 359 Å². The van der Waals surface area contributed by atoms with E-state index in [1.165, 1.54) is 122 Å². The van der Waals surface area contributed by atoms with Crippen LogP contribution in [0.1, 0.15) is 226 Å². The molecule has 1 unspecified atom stereocenters. The van der Waals surface area contributed by atoms with E-state index in [2.05, 4.69) is 30.6 Å². The zero-order valence-corrected chi connectivity index (χ0v) is 38.8. The average molecular weight is 827 g/mol. The quantitative estimate of drug-likeness (QED) is 0.0353. The summed E-state index contributed by atoms with van der Waals surface area (Å²) < 4.78 is 22.6. The molecular formula is C49H98N2O7. The number of aliphatic hydroxyl groups is 2. The van der Waals surface area contributed by atoms with Crippen molar-refractivity contribution in [1.29, 1.82) is 0 Å². The number of esters is 1. The molecule has 2 atom stereocenters. The second-order valence-electron chi connectivity index (χ2n) is 17.5. The lowest BCUT2D eigenvalue weighted by molar-refractivity contribution is -0.263. The molecule has 0 aromatic heterocycles. The highest BCUT2D eigenvalue weighted by atomic mass is 16.8. The maximum atomic E-state index is 12.8. The van der Waals surface area contributed by atoms with E-state index in [1.807, 2.05) is 0 Å². The molecule has 0 spiro atoms. The first-order valence-electron chi connectivity index (χ1n) is 25.3. The number of morpholine rings is 1. The number of β-amino-alcohol motifs (C(OH)–C–C–N with tert-alkyl or cyclic N) is 1. The maximum absolute atomic E-state index is 12.8. The fourth-order valence-electron chi connectivity index (χ4n) is 8.12. The van der Waals surface area contributed by atoms with Crippen LogP contribution in [0.3, 0.4) is 0 Å². The molecule has 0 aromatic carbocycles. The second-order valence-corrected chi connectivity index (χ2v) is 17.5. The zero-order valence-electron chi connectivity index (χ0n) is 38.8. The number of carbonyl (C=O) groups is 1. The standard InChI is InChI=1S/C49H98N2O7/c1-4-7-10-13-16-17-18-24-31-40-56-49(54)57-41-32-25-30-37-50(44-46(52)45-51-38-42-55-43-39-51)36-29-23-19-22-28-35-48(53)58-47(33-26-20-14-11-8-5-2)34-27-21-15-12-9-6-3/h46-47,49,52,54H,4-45H2,1-3H3/t46?,49-/m0/s1. The van der Waals surface area contributed by atoms with E-state index in [0.29, 0.717) is 32.7 Å². The molecule has 0 aliphatic carbocycles. The Bertz CT molecular complexity index is 830. The van der Waals surface area contributed by atoms with Gasteiger partial charge in [0.1, 0.15) is 6.10 Å². The molecule has 0 amide bonds. The van der Waals surface area contributed by atoms with Gasteiger partial charge in [-0.25, -0.2) is 0 Å². The smallest absolute Gasteiger partial charge is 0.306 e. The molecule has 1 rings (SSSR count). The van der Waals surface area contributed by atoms with Crippen LogP contribution < -0.4 is 0 Å². The Kier molecular flexibility index (Phi) is 40.8. The van der Waals surface area contributed by atoms with Gasteiger partial charge in [0.05, 0.1) is 32.5 Å². The molecule has 1 fully saturated rings. The first-order chi connectivity index (χ1) is 28.5. The van der Waals surface area contributed by atoms with Crippen molar-refractivity contribution >= 4 is 5.97 Å². The third-order valence-corrected chi connectivity index (χ3v) is 11.8. The van der Waals surface area contributed by atoms with Gasteiger partial charge in [0.15, 0.2) is 0 Å². The molecule has 0 bridgehead atoms. The van der Waals surface area contributed by atoms with Gasteiger partial charge in [0.2, 0.25) is 0 Å². The van der Waals surface area contributed by atoms with E-state index in [0.717, 1.165) is 116 Å². The average Bonchev–Trinajstić information content (AvgIpc) is 3.22. The lowest BCUT2D eigenvalue weighted by Crippen LogP contribution is -2.45. The molecule has 2 N–H and O–H groups in total. The van der Waals surface area contributed by atoms with E-state index in [1.54, 1.807) is 0 Å². The van der Waals surface area contributed by atoms with Gasteiger partial charge in [-0.05, 0) is 77.3 Å². The molecule has 1 aliphatic rings. The predicted molar refractivity (Wildman–Crippen MR) is 242 cm³/mol. The van der Waals surface area contributed by atoms with Crippen LogP contribution in [0.15, 0.2) is 0 Å². The molecule has 0 radical (unpaired) electrons. The second kappa shape index (κ2) is 42.9. The van der Waals surface area contributed by atoms with Gasteiger partial charge in [-0.1, -0.05) is 156 Å². The number of aliphatic hydroxyl groups excluding tert-OH is 2. The van der Waals surface area contributed by atoms with Crippen LogP contribution >= 0.6 is 0 Å². The van der Waals surface area contributed by atoms with Crippen molar-refractivity contribution in [3.63, 3.8) is 0 Å². The minimum atomic E-state index is -1.13. The Hall–Kier alpha value is -0.810. The summed E-state index contributed by atoms with van der Waals surface area (Å²) in [5.74, 6) is 0.00363. The highest BCUT2D eigenvalue weighted by molar-refractivity contribution is 5.69. The van der Waals surface area contributed by atoms with Crippen LogP contribution in [-0.2, 0) is 23.7 Å². The summed E-state index contributed by atoms with van der Waals surface area (Å²) in [4.78, 5) is 17.6. The summed E-state index contributed by atoms with van der Waals surface area (Å²) in [5, 5.41) is 21.1. The number of hydrogen-bond donors (Lipinski definition) is 2. The van der Waals surface area contributed by atoms with Crippen molar-refractivity contribution in [2.24, 2.45) is 0 Å². The molecule has 0 aromatic rings. The fourth-order valence-corrected chi connectivity index (χ4v) is 8.12. The SMILES string of the molecule is CCCCCCCCCCCO[C@H](O)OCCCCCN(CCCCCCCC(=O)OC(CCCCCCCC)CCCCCCCC)CC(O)CN1CCOCC1. The number of nitrogens with zero attached hydrogens (tertiary/aromatic N) is 2. The van der Waals surface area contributed by atoms with E-state index >= 15 is 0 Å².